The quantitative estimate of drug-likeness (QED) is 0.364. The second-order valence-corrected chi connectivity index (χ2v) is 11.8. The summed E-state index contributed by atoms with van der Waals surface area (Å²) in [7, 11) is -3.75. The lowest BCUT2D eigenvalue weighted by molar-refractivity contribution is 0.245. The number of aromatic nitrogens is 2. The number of H-pyrrole nitrogens is 1. The first-order valence-corrected chi connectivity index (χ1v) is 14.1. The van der Waals surface area contributed by atoms with Gasteiger partial charge in [-0.15, -0.1) is 0 Å². The molecule has 9 heteroatoms. The van der Waals surface area contributed by atoms with E-state index in [1.807, 2.05) is 24.0 Å². The molecule has 3 aromatic carbocycles. The van der Waals surface area contributed by atoms with Crippen LogP contribution in [-0.4, -0.2) is 31.2 Å². The highest BCUT2D eigenvalue weighted by atomic mass is 32.2. The van der Waals surface area contributed by atoms with Gasteiger partial charge in [-0.05, 0) is 72.4 Å². The molecule has 1 aliphatic carbocycles. The molecule has 1 saturated carbocycles. The number of nitrogens with two attached hydrogens (primary N) is 1. The Morgan fingerprint density at radius 3 is 2.59 bits per heavy atom. The summed E-state index contributed by atoms with van der Waals surface area (Å²) in [6.07, 6.45) is 4.45. The first kappa shape index (κ1) is 23.7. The Kier molecular flexibility index (Phi) is 5.58. The number of urea groups is 1. The molecule has 0 bridgehead atoms. The molecule has 2 amide bonds. The van der Waals surface area contributed by atoms with Crippen LogP contribution in [0.1, 0.15) is 42.5 Å². The molecule has 2 heterocycles. The summed E-state index contributed by atoms with van der Waals surface area (Å²) in [6.45, 7) is 2.97. The average Bonchev–Trinajstić information content (AvgIpc) is 3.61. The van der Waals surface area contributed by atoms with Crippen molar-refractivity contribution in [3.05, 3.63) is 77.5 Å². The Labute approximate surface area is 215 Å². The summed E-state index contributed by atoms with van der Waals surface area (Å²) in [5.74, 6) is 0. The summed E-state index contributed by atoms with van der Waals surface area (Å²) < 4.78 is 23.0. The number of hydrogen-bond acceptors (Lipinski definition) is 4. The maximum atomic E-state index is 13.4. The van der Waals surface area contributed by atoms with E-state index in [0.717, 1.165) is 64.7 Å². The van der Waals surface area contributed by atoms with Gasteiger partial charge in [-0.25, -0.2) is 18.4 Å². The molecule has 1 aromatic heterocycles. The Balaban J connectivity index is 1.30. The lowest BCUT2D eigenvalue weighted by Gasteiger charge is -2.25. The minimum atomic E-state index is -3.75. The summed E-state index contributed by atoms with van der Waals surface area (Å²) in [5, 5.41) is 16.8. The number of amides is 2. The topological polar surface area (TPSA) is 121 Å². The first-order chi connectivity index (χ1) is 17.7. The second kappa shape index (κ2) is 8.71. The molecule has 4 N–H and O–H groups in total. The summed E-state index contributed by atoms with van der Waals surface area (Å²) in [4.78, 5) is 15.3. The number of nitrogens with zero attached hydrogens (tertiary/aromatic N) is 2. The molecule has 1 fully saturated rings. The third-order valence-electron chi connectivity index (χ3n) is 7.90. The molecule has 8 nitrogen and oxygen atoms in total. The van der Waals surface area contributed by atoms with E-state index in [4.69, 9.17) is 5.14 Å². The summed E-state index contributed by atoms with van der Waals surface area (Å²) >= 11 is 0. The van der Waals surface area contributed by atoms with E-state index in [1.165, 1.54) is 17.7 Å². The lowest BCUT2D eigenvalue weighted by atomic mass is 9.80. The van der Waals surface area contributed by atoms with Crippen LogP contribution in [0.15, 0.2) is 65.6 Å². The van der Waals surface area contributed by atoms with Crippen molar-refractivity contribution < 1.29 is 13.2 Å². The van der Waals surface area contributed by atoms with Crippen LogP contribution in [0.25, 0.3) is 22.0 Å². The highest BCUT2D eigenvalue weighted by molar-refractivity contribution is 7.89. The van der Waals surface area contributed by atoms with Gasteiger partial charge >= 0.3 is 6.03 Å². The zero-order valence-corrected chi connectivity index (χ0v) is 21.4. The van der Waals surface area contributed by atoms with Crippen LogP contribution in [-0.2, 0) is 22.0 Å². The number of carbonyl (C=O) groups is 1. The van der Waals surface area contributed by atoms with Gasteiger partial charge < -0.3 is 5.32 Å². The van der Waals surface area contributed by atoms with Gasteiger partial charge in [0.25, 0.3) is 0 Å². The molecule has 0 unspecified atom stereocenters. The van der Waals surface area contributed by atoms with Crippen molar-refractivity contribution in [2.45, 2.75) is 49.5 Å². The maximum Gasteiger partial charge on any atom is 0.322 e. The number of anilines is 1. The van der Waals surface area contributed by atoms with Crippen molar-refractivity contribution in [2.24, 2.45) is 5.14 Å². The van der Waals surface area contributed by atoms with Crippen LogP contribution in [0.3, 0.4) is 0 Å². The second-order valence-electron chi connectivity index (χ2n) is 10.2. The summed E-state index contributed by atoms with van der Waals surface area (Å²) in [5.41, 5.74) is 7.25. The van der Waals surface area contributed by atoms with Gasteiger partial charge in [0.2, 0.25) is 10.0 Å². The number of aryl methyl sites for hydroxylation is 1. The molecule has 0 atom stereocenters. The number of rotatable bonds is 4. The number of fused-ring (bicyclic) bond motifs is 3. The molecular weight excluding hydrogens is 486 g/mol. The molecule has 4 aromatic rings. The zero-order valence-electron chi connectivity index (χ0n) is 20.6. The van der Waals surface area contributed by atoms with Gasteiger partial charge in [-0.3, -0.25) is 10.00 Å². The highest BCUT2D eigenvalue weighted by Crippen LogP contribution is 2.51. The lowest BCUT2D eigenvalue weighted by Crippen LogP contribution is -2.41. The van der Waals surface area contributed by atoms with E-state index in [-0.39, 0.29) is 16.3 Å². The van der Waals surface area contributed by atoms with E-state index in [2.05, 4.69) is 39.8 Å². The van der Waals surface area contributed by atoms with Crippen molar-refractivity contribution in [1.82, 2.24) is 15.5 Å². The fourth-order valence-corrected chi connectivity index (χ4v) is 6.56. The van der Waals surface area contributed by atoms with Crippen LogP contribution < -0.4 is 15.4 Å². The standard InChI is InChI=1S/C28H29N5O3S/c1-18-26-22(5-4-6-24(26)32-31-18)20-9-12-25-23(15-20)28(13-2-3-14-28)17-33(25)27(34)30-16-19-7-10-21(11-8-19)37(29,35)36/h4-12,15H,2-3,13-14,16-17H2,1H3,(H,30,34)(H,31,32)(H2,29,35,36). The number of hydrogen-bond donors (Lipinski definition) is 3. The SMILES string of the molecule is Cc1n[nH]c2cccc(-c3ccc4c(c3)C3(CCCC3)CN4C(=O)NCc3ccc(S(N)(=O)=O)cc3)c12. The predicted molar refractivity (Wildman–Crippen MR) is 144 cm³/mol. The number of carbonyl (C=O) groups excluding carboxylic acids is 1. The van der Waals surface area contributed by atoms with E-state index in [1.54, 1.807) is 12.1 Å². The van der Waals surface area contributed by atoms with E-state index in [0.29, 0.717) is 13.1 Å². The molecular formula is C28H29N5O3S. The molecule has 190 valence electrons. The number of primary sulfonamides is 1. The van der Waals surface area contributed by atoms with Crippen LogP contribution in [0.2, 0.25) is 0 Å². The van der Waals surface area contributed by atoms with Gasteiger partial charge in [0.1, 0.15) is 0 Å². The Morgan fingerprint density at radius 1 is 1.11 bits per heavy atom. The molecule has 37 heavy (non-hydrogen) atoms. The van der Waals surface area contributed by atoms with Gasteiger partial charge in [0.15, 0.2) is 0 Å². The normalized spacial score (nSPS) is 16.4. The van der Waals surface area contributed by atoms with Crippen molar-refractivity contribution in [2.75, 3.05) is 11.4 Å². The first-order valence-electron chi connectivity index (χ1n) is 12.5. The van der Waals surface area contributed by atoms with Crippen LogP contribution in [0.4, 0.5) is 10.5 Å². The largest absolute Gasteiger partial charge is 0.334 e. The number of nitrogens with one attached hydrogen (secondary N) is 2. The number of aromatic amines is 1. The minimum Gasteiger partial charge on any atom is -0.334 e. The molecule has 0 saturated heterocycles. The third kappa shape index (κ3) is 4.08. The van der Waals surface area contributed by atoms with E-state index >= 15 is 0 Å². The van der Waals surface area contributed by atoms with Crippen molar-refractivity contribution in [3.8, 4) is 11.1 Å². The molecule has 1 aliphatic heterocycles. The number of sulfonamides is 1. The van der Waals surface area contributed by atoms with Gasteiger partial charge in [0.05, 0.1) is 16.1 Å². The molecule has 6 rings (SSSR count). The highest BCUT2D eigenvalue weighted by Gasteiger charge is 2.46. The summed E-state index contributed by atoms with van der Waals surface area (Å²) in [6, 6.07) is 18.8. The monoisotopic (exact) mass is 515 g/mol. The van der Waals surface area contributed by atoms with Crippen molar-refractivity contribution in [3.63, 3.8) is 0 Å². The molecule has 1 spiro atoms. The van der Waals surface area contributed by atoms with Gasteiger partial charge in [0, 0.05) is 29.6 Å². The van der Waals surface area contributed by atoms with E-state index < -0.39 is 10.0 Å². The predicted octanol–water partition coefficient (Wildman–Crippen LogP) is 4.73. The minimum absolute atomic E-state index is 0.0286. The Hall–Kier alpha value is -3.69. The van der Waals surface area contributed by atoms with Crippen molar-refractivity contribution >= 4 is 32.6 Å². The van der Waals surface area contributed by atoms with Gasteiger partial charge in [-0.1, -0.05) is 43.2 Å². The fourth-order valence-electron chi connectivity index (χ4n) is 6.04. The Morgan fingerprint density at radius 2 is 1.86 bits per heavy atom. The zero-order chi connectivity index (χ0) is 25.8. The van der Waals surface area contributed by atoms with Gasteiger partial charge in [-0.2, -0.15) is 5.10 Å². The Bertz CT molecular complexity index is 1620. The fraction of sp³-hybridized carbons (Fsp3) is 0.286. The molecule has 0 radical (unpaired) electrons. The van der Waals surface area contributed by atoms with E-state index in [9.17, 15) is 13.2 Å². The third-order valence-corrected chi connectivity index (χ3v) is 8.83. The molecule has 2 aliphatic rings. The van der Waals surface area contributed by atoms with Crippen LogP contribution >= 0.6 is 0 Å². The van der Waals surface area contributed by atoms with Crippen molar-refractivity contribution in [1.29, 1.82) is 0 Å². The maximum absolute atomic E-state index is 13.4. The smallest absolute Gasteiger partial charge is 0.322 e. The van der Waals surface area contributed by atoms with Crippen LogP contribution in [0.5, 0.6) is 0 Å². The number of benzene rings is 3. The average molecular weight is 516 g/mol. The van der Waals surface area contributed by atoms with Crippen LogP contribution in [0, 0.1) is 6.92 Å².